The zero-order valence-corrected chi connectivity index (χ0v) is 10.3. The zero-order chi connectivity index (χ0) is 13.0. The Hall–Kier alpha value is -2.00. The van der Waals surface area contributed by atoms with Gasteiger partial charge in [0.1, 0.15) is 18.1 Å². The number of rotatable bonds is 4. The van der Waals surface area contributed by atoms with Crippen LogP contribution in [0.1, 0.15) is 24.1 Å². The predicted molar refractivity (Wildman–Crippen MR) is 71.5 cm³/mol. The maximum atomic E-state index is 9.18. The highest BCUT2D eigenvalue weighted by Crippen LogP contribution is 2.19. The van der Waals surface area contributed by atoms with Crippen molar-refractivity contribution in [2.24, 2.45) is 5.73 Å². The summed E-state index contributed by atoms with van der Waals surface area (Å²) in [7, 11) is 0. The lowest BCUT2D eigenvalue weighted by molar-refractivity contribution is 0.305. The van der Waals surface area contributed by atoms with Gasteiger partial charge in [-0.25, -0.2) is 0 Å². The number of hydrogen-bond donors (Lipinski definition) is 2. The van der Waals surface area contributed by atoms with Crippen molar-refractivity contribution >= 4 is 0 Å². The topological polar surface area (TPSA) is 55.5 Å². The lowest BCUT2D eigenvalue weighted by Crippen LogP contribution is -2.05. The third-order valence-corrected chi connectivity index (χ3v) is 2.73. The molecular formula is C15H17NO2. The van der Waals surface area contributed by atoms with E-state index in [1.54, 1.807) is 12.1 Å². The molecule has 0 spiro atoms. The zero-order valence-electron chi connectivity index (χ0n) is 10.3. The van der Waals surface area contributed by atoms with Crippen LogP contribution in [0, 0.1) is 0 Å². The Morgan fingerprint density at radius 1 is 1.17 bits per heavy atom. The molecule has 2 aromatic carbocycles. The van der Waals surface area contributed by atoms with Gasteiger partial charge >= 0.3 is 0 Å². The van der Waals surface area contributed by atoms with E-state index in [0.29, 0.717) is 6.61 Å². The Labute approximate surface area is 107 Å². The summed E-state index contributed by atoms with van der Waals surface area (Å²) in [6, 6.07) is 14.8. The maximum Gasteiger partial charge on any atom is 0.120 e. The smallest absolute Gasteiger partial charge is 0.120 e. The second-order valence-electron chi connectivity index (χ2n) is 4.32. The summed E-state index contributed by atoms with van der Waals surface area (Å²) in [4.78, 5) is 0. The first kappa shape index (κ1) is 12.5. The van der Waals surface area contributed by atoms with Gasteiger partial charge in [-0.3, -0.25) is 0 Å². The van der Waals surface area contributed by atoms with E-state index in [9.17, 15) is 5.11 Å². The molecule has 0 fully saturated rings. The summed E-state index contributed by atoms with van der Waals surface area (Å²) in [6.45, 7) is 2.42. The minimum atomic E-state index is 0.00206. The summed E-state index contributed by atoms with van der Waals surface area (Å²) < 4.78 is 5.69. The molecule has 0 radical (unpaired) electrons. The number of hydrogen-bond acceptors (Lipinski definition) is 3. The first-order valence-corrected chi connectivity index (χ1v) is 5.91. The second kappa shape index (κ2) is 5.56. The SMILES string of the molecule is CC(N)c1cccc(OCc2ccc(O)cc2)c1. The number of phenolic OH excluding ortho intramolecular Hbond substituents is 1. The summed E-state index contributed by atoms with van der Waals surface area (Å²) >= 11 is 0. The predicted octanol–water partition coefficient (Wildman–Crippen LogP) is 2.99. The van der Waals surface area contributed by atoms with Crippen LogP contribution in [0.2, 0.25) is 0 Å². The fourth-order valence-corrected chi connectivity index (χ4v) is 1.65. The molecule has 3 N–H and O–H groups in total. The van der Waals surface area contributed by atoms with Crippen LogP contribution in [0.15, 0.2) is 48.5 Å². The molecule has 0 aliphatic heterocycles. The third kappa shape index (κ3) is 3.25. The average Bonchev–Trinajstić information content (AvgIpc) is 2.38. The molecule has 2 rings (SSSR count). The van der Waals surface area contributed by atoms with Gasteiger partial charge < -0.3 is 15.6 Å². The van der Waals surface area contributed by atoms with Crippen molar-refractivity contribution in [1.29, 1.82) is 0 Å². The van der Waals surface area contributed by atoms with Crippen LogP contribution in [0.5, 0.6) is 11.5 Å². The second-order valence-corrected chi connectivity index (χ2v) is 4.32. The van der Waals surface area contributed by atoms with Gasteiger partial charge in [0.25, 0.3) is 0 Å². The number of benzene rings is 2. The van der Waals surface area contributed by atoms with Crippen LogP contribution in [0.25, 0.3) is 0 Å². The van der Waals surface area contributed by atoms with Crippen molar-refractivity contribution in [3.05, 3.63) is 59.7 Å². The molecule has 1 unspecified atom stereocenters. The van der Waals surface area contributed by atoms with Gasteiger partial charge in [0.15, 0.2) is 0 Å². The highest BCUT2D eigenvalue weighted by molar-refractivity contribution is 5.31. The Morgan fingerprint density at radius 2 is 1.89 bits per heavy atom. The van der Waals surface area contributed by atoms with E-state index in [4.69, 9.17) is 10.5 Å². The van der Waals surface area contributed by atoms with Crippen LogP contribution in [-0.4, -0.2) is 5.11 Å². The Balaban J connectivity index is 2.01. The van der Waals surface area contributed by atoms with Crippen LogP contribution in [0.3, 0.4) is 0 Å². The Morgan fingerprint density at radius 3 is 2.56 bits per heavy atom. The molecule has 0 saturated carbocycles. The maximum absolute atomic E-state index is 9.18. The normalized spacial score (nSPS) is 12.1. The van der Waals surface area contributed by atoms with Gasteiger partial charge in [0, 0.05) is 6.04 Å². The van der Waals surface area contributed by atoms with Crippen molar-refractivity contribution in [3.63, 3.8) is 0 Å². The molecular weight excluding hydrogens is 226 g/mol. The molecule has 3 heteroatoms. The van der Waals surface area contributed by atoms with Gasteiger partial charge in [-0.1, -0.05) is 24.3 Å². The van der Waals surface area contributed by atoms with Crippen LogP contribution in [0.4, 0.5) is 0 Å². The highest BCUT2D eigenvalue weighted by Gasteiger charge is 2.01. The van der Waals surface area contributed by atoms with Crippen molar-refractivity contribution in [2.75, 3.05) is 0 Å². The van der Waals surface area contributed by atoms with E-state index in [-0.39, 0.29) is 11.8 Å². The number of nitrogens with two attached hydrogens (primary N) is 1. The van der Waals surface area contributed by atoms with E-state index >= 15 is 0 Å². The first-order valence-electron chi connectivity index (χ1n) is 5.91. The van der Waals surface area contributed by atoms with E-state index in [0.717, 1.165) is 16.9 Å². The fourth-order valence-electron chi connectivity index (χ4n) is 1.65. The van der Waals surface area contributed by atoms with E-state index in [2.05, 4.69) is 0 Å². The minimum Gasteiger partial charge on any atom is -0.508 e. The van der Waals surface area contributed by atoms with Crippen LogP contribution in [-0.2, 0) is 6.61 Å². The molecule has 2 aromatic rings. The van der Waals surface area contributed by atoms with Gasteiger partial charge in [-0.2, -0.15) is 0 Å². The molecule has 0 saturated heterocycles. The minimum absolute atomic E-state index is 0.00206. The largest absolute Gasteiger partial charge is 0.508 e. The molecule has 3 nitrogen and oxygen atoms in total. The molecule has 0 amide bonds. The van der Waals surface area contributed by atoms with Crippen molar-refractivity contribution in [2.45, 2.75) is 19.6 Å². The van der Waals surface area contributed by atoms with Crippen LogP contribution < -0.4 is 10.5 Å². The third-order valence-electron chi connectivity index (χ3n) is 2.73. The summed E-state index contributed by atoms with van der Waals surface area (Å²) in [6.07, 6.45) is 0. The first-order chi connectivity index (χ1) is 8.65. The monoisotopic (exact) mass is 243 g/mol. The van der Waals surface area contributed by atoms with E-state index in [1.165, 1.54) is 0 Å². The summed E-state index contributed by atoms with van der Waals surface area (Å²) in [5.74, 6) is 1.07. The summed E-state index contributed by atoms with van der Waals surface area (Å²) in [5, 5.41) is 9.18. The molecule has 1 atom stereocenters. The molecule has 0 aliphatic rings. The van der Waals surface area contributed by atoms with Crippen molar-refractivity contribution < 1.29 is 9.84 Å². The van der Waals surface area contributed by atoms with Gasteiger partial charge in [-0.05, 0) is 42.3 Å². The van der Waals surface area contributed by atoms with Crippen molar-refractivity contribution in [1.82, 2.24) is 0 Å². The lowest BCUT2D eigenvalue weighted by Gasteiger charge is -2.10. The Kier molecular flexibility index (Phi) is 3.85. The van der Waals surface area contributed by atoms with E-state index in [1.807, 2.05) is 43.3 Å². The molecule has 0 aliphatic carbocycles. The van der Waals surface area contributed by atoms with Gasteiger partial charge in [0.05, 0.1) is 0 Å². The highest BCUT2D eigenvalue weighted by atomic mass is 16.5. The number of phenols is 1. The van der Waals surface area contributed by atoms with E-state index < -0.39 is 0 Å². The molecule has 94 valence electrons. The molecule has 18 heavy (non-hydrogen) atoms. The lowest BCUT2D eigenvalue weighted by atomic mass is 10.1. The van der Waals surface area contributed by atoms with Gasteiger partial charge in [-0.15, -0.1) is 0 Å². The molecule has 0 bridgehead atoms. The number of aromatic hydroxyl groups is 1. The fraction of sp³-hybridized carbons (Fsp3) is 0.200. The van der Waals surface area contributed by atoms with Crippen LogP contribution >= 0.6 is 0 Å². The molecule has 0 aromatic heterocycles. The average molecular weight is 243 g/mol. The van der Waals surface area contributed by atoms with Crippen molar-refractivity contribution in [3.8, 4) is 11.5 Å². The van der Waals surface area contributed by atoms with Gasteiger partial charge in [0.2, 0.25) is 0 Å². The standard InChI is InChI=1S/C15H17NO2/c1-11(16)13-3-2-4-15(9-13)18-10-12-5-7-14(17)8-6-12/h2-9,11,17H,10,16H2,1H3. The number of ether oxygens (including phenoxy) is 1. The quantitative estimate of drug-likeness (QED) is 0.868. The molecule has 0 heterocycles. The summed E-state index contributed by atoms with van der Waals surface area (Å²) in [5.41, 5.74) is 7.89. The Bertz CT molecular complexity index is 506.